The van der Waals surface area contributed by atoms with Gasteiger partial charge in [-0.3, -0.25) is 9.59 Å². The Morgan fingerprint density at radius 2 is 1.09 bits per heavy atom. The van der Waals surface area contributed by atoms with Crippen molar-refractivity contribution in [1.29, 1.82) is 0 Å². The normalized spacial score (nSPS) is 19.1. The third-order valence-electron chi connectivity index (χ3n) is 9.12. The molecule has 2 atom stereocenters. The van der Waals surface area contributed by atoms with Crippen LogP contribution in [0.2, 0.25) is 0 Å². The molecule has 0 unspecified atom stereocenters. The Morgan fingerprint density at radius 1 is 0.682 bits per heavy atom. The zero-order valence-electron chi connectivity index (χ0n) is 25.1. The molecule has 2 saturated heterocycles. The predicted molar refractivity (Wildman–Crippen MR) is 180 cm³/mol. The predicted octanol–water partition coefficient (Wildman–Crippen LogP) is 7.06. The van der Waals surface area contributed by atoms with Crippen LogP contribution in [-0.4, -0.2) is 64.1 Å². The molecule has 10 heteroatoms. The fourth-order valence-electron chi connectivity index (χ4n) is 6.50. The molecule has 7 heterocycles. The van der Waals surface area contributed by atoms with Crippen molar-refractivity contribution in [3.63, 3.8) is 0 Å². The number of nitrogens with zero attached hydrogens (tertiary/aromatic N) is 2. The summed E-state index contributed by atoms with van der Waals surface area (Å²) in [5.74, 6) is 0.458. The highest BCUT2D eigenvalue weighted by Gasteiger charge is 2.36. The Bertz CT molecular complexity index is 1990. The standard InChI is InChI=1S/C34H34N4O4S2/c1-15-19(5-7-31(39)40)25-12-26-20(6-8-32(41)42)16(2)22(36-26)10-27-34(30-14-44-30)18(4)24(38-27)11-28-33(29-13-43-29)17(3)23(37-28)9-21(15)35-25/h9-12,29-30,35-36H,5-8,13-14H2,1-4H3,(H,39,40)(H,41,42)/t29-,30+/m1/s1. The number of carboxylic acids is 2. The van der Waals surface area contributed by atoms with Crippen LogP contribution in [0, 0.1) is 13.8 Å². The van der Waals surface area contributed by atoms with E-state index in [2.05, 4.69) is 42.0 Å². The molecule has 0 aromatic carbocycles. The maximum atomic E-state index is 11.6. The number of aromatic nitrogens is 4. The second-order valence-electron chi connectivity index (χ2n) is 12.0. The molecule has 3 aromatic heterocycles. The van der Waals surface area contributed by atoms with E-state index in [0.29, 0.717) is 23.3 Å². The van der Waals surface area contributed by atoms with Crippen LogP contribution in [0.5, 0.6) is 0 Å². The molecular weight excluding hydrogens is 593 g/mol. The molecule has 2 fully saturated rings. The van der Waals surface area contributed by atoms with Crippen LogP contribution in [0.25, 0.3) is 44.4 Å². The fourth-order valence-corrected chi connectivity index (χ4v) is 7.95. The van der Waals surface area contributed by atoms with Gasteiger partial charge in [-0.2, -0.15) is 23.5 Å². The molecule has 0 amide bonds. The number of H-pyrrole nitrogens is 2. The molecule has 44 heavy (non-hydrogen) atoms. The average molecular weight is 627 g/mol. The first-order valence-corrected chi connectivity index (χ1v) is 17.0. The van der Waals surface area contributed by atoms with E-state index in [-0.39, 0.29) is 12.8 Å². The molecule has 4 N–H and O–H groups in total. The van der Waals surface area contributed by atoms with Crippen LogP contribution >= 0.6 is 23.5 Å². The monoisotopic (exact) mass is 626 g/mol. The van der Waals surface area contributed by atoms with Crippen LogP contribution in [0.4, 0.5) is 0 Å². The van der Waals surface area contributed by atoms with E-state index in [4.69, 9.17) is 9.97 Å². The summed E-state index contributed by atoms with van der Waals surface area (Å²) in [6.07, 6.45) is 0.767. The summed E-state index contributed by atoms with van der Waals surface area (Å²) < 4.78 is 0. The van der Waals surface area contributed by atoms with Crippen LogP contribution in [0.15, 0.2) is 24.3 Å². The molecule has 0 spiro atoms. The molecule has 0 saturated carbocycles. The summed E-state index contributed by atoms with van der Waals surface area (Å²) in [4.78, 5) is 40.7. The summed E-state index contributed by atoms with van der Waals surface area (Å²) >= 11 is 3.86. The van der Waals surface area contributed by atoms with E-state index in [1.54, 1.807) is 0 Å². The zero-order chi connectivity index (χ0) is 30.9. The number of nitrogens with one attached hydrogen (secondary N) is 2. The summed E-state index contributed by atoms with van der Waals surface area (Å²) in [6.45, 7) is 8.35. The van der Waals surface area contributed by atoms with Gasteiger partial charge in [0.2, 0.25) is 0 Å². The molecule has 7 rings (SSSR count). The topological polar surface area (TPSA) is 132 Å². The lowest BCUT2D eigenvalue weighted by Gasteiger charge is -2.02. The van der Waals surface area contributed by atoms with Crippen LogP contribution in [0.1, 0.15) is 71.7 Å². The first kappa shape index (κ1) is 29.0. The van der Waals surface area contributed by atoms with Crippen molar-refractivity contribution in [1.82, 2.24) is 19.9 Å². The summed E-state index contributed by atoms with van der Waals surface area (Å²) in [7, 11) is 0. The van der Waals surface area contributed by atoms with Gasteiger partial charge in [0.15, 0.2) is 0 Å². The number of carboxylic acid groups (broad SMARTS) is 2. The minimum Gasteiger partial charge on any atom is -0.481 e. The highest BCUT2D eigenvalue weighted by atomic mass is 32.2. The number of aryl methyl sites for hydroxylation is 4. The Balaban J connectivity index is 1.58. The second-order valence-corrected chi connectivity index (χ2v) is 14.4. The van der Waals surface area contributed by atoms with Crippen molar-refractivity contribution in [3.8, 4) is 0 Å². The largest absolute Gasteiger partial charge is 0.481 e. The summed E-state index contributed by atoms with van der Waals surface area (Å²) in [5, 5.41) is 19.9. The van der Waals surface area contributed by atoms with Gasteiger partial charge in [0, 0.05) is 56.9 Å². The van der Waals surface area contributed by atoms with Gasteiger partial charge in [0.1, 0.15) is 0 Å². The number of aliphatic carboxylic acids is 2. The Kier molecular flexibility index (Phi) is 7.24. The van der Waals surface area contributed by atoms with Gasteiger partial charge in [-0.15, -0.1) is 0 Å². The lowest BCUT2D eigenvalue weighted by Crippen LogP contribution is -1.98. The van der Waals surface area contributed by atoms with E-state index in [0.717, 1.165) is 84.2 Å². The van der Waals surface area contributed by atoms with Crippen LogP contribution in [0.3, 0.4) is 0 Å². The van der Waals surface area contributed by atoms with E-state index >= 15 is 0 Å². The molecule has 0 aliphatic carbocycles. The summed E-state index contributed by atoms with van der Waals surface area (Å²) in [5.41, 5.74) is 15.9. The van der Waals surface area contributed by atoms with Crippen molar-refractivity contribution >= 4 is 79.8 Å². The third-order valence-corrected chi connectivity index (χ3v) is 10.9. The van der Waals surface area contributed by atoms with Crippen molar-refractivity contribution in [2.75, 3.05) is 11.5 Å². The lowest BCUT2D eigenvalue weighted by atomic mass is 10.0. The van der Waals surface area contributed by atoms with Gasteiger partial charge >= 0.3 is 11.9 Å². The first-order valence-electron chi connectivity index (χ1n) is 14.9. The van der Waals surface area contributed by atoms with E-state index in [1.807, 2.05) is 43.4 Å². The van der Waals surface area contributed by atoms with Gasteiger partial charge in [-0.05, 0) is 109 Å². The molecule has 3 aromatic rings. The van der Waals surface area contributed by atoms with Gasteiger partial charge in [0.05, 0.1) is 22.8 Å². The third kappa shape index (κ3) is 5.28. The van der Waals surface area contributed by atoms with Crippen LogP contribution in [-0.2, 0) is 22.4 Å². The molecule has 226 valence electrons. The average Bonchev–Trinajstić information content (AvgIpc) is 3.88. The number of rotatable bonds is 8. The van der Waals surface area contributed by atoms with E-state index in [9.17, 15) is 19.8 Å². The minimum atomic E-state index is -0.850. The molecule has 4 aliphatic heterocycles. The first-order chi connectivity index (χ1) is 21.1. The van der Waals surface area contributed by atoms with Crippen molar-refractivity contribution in [3.05, 3.63) is 69.3 Å². The highest BCUT2D eigenvalue weighted by molar-refractivity contribution is 8.07. The highest BCUT2D eigenvalue weighted by Crippen LogP contribution is 2.49. The Labute approximate surface area is 263 Å². The van der Waals surface area contributed by atoms with Gasteiger partial charge in [0.25, 0.3) is 0 Å². The minimum absolute atomic E-state index is 0.00944. The molecule has 4 aliphatic rings. The van der Waals surface area contributed by atoms with E-state index < -0.39 is 11.9 Å². The van der Waals surface area contributed by atoms with Gasteiger partial charge in [-0.25, -0.2) is 9.97 Å². The fraction of sp³-hybridized carbons (Fsp3) is 0.353. The smallest absolute Gasteiger partial charge is 0.303 e. The summed E-state index contributed by atoms with van der Waals surface area (Å²) in [6, 6.07) is 8.36. The Hall–Kier alpha value is -3.76. The number of carbonyl (C=O) groups is 2. The lowest BCUT2D eigenvalue weighted by molar-refractivity contribution is -0.138. The maximum absolute atomic E-state index is 11.6. The zero-order valence-corrected chi connectivity index (χ0v) is 26.8. The van der Waals surface area contributed by atoms with Gasteiger partial charge in [-0.1, -0.05) is 0 Å². The number of fused-ring (bicyclic) bond motifs is 8. The Morgan fingerprint density at radius 3 is 1.52 bits per heavy atom. The number of hydrogen-bond acceptors (Lipinski definition) is 6. The SMILES string of the molecule is CC1=C([C@@H]2CS2)c2cc3[nH]c(cc4[nH]c(cc5nc(cc1n2)C([C@H]1CS1)=C5C)c(C)c4CCC(=O)O)c(CCC(=O)O)c3C. The number of allylic oxidation sites excluding steroid dienone is 2. The molecular formula is C34H34N4O4S2. The molecule has 8 nitrogen and oxygen atoms in total. The number of thioether (sulfide) groups is 2. The van der Waals surface area contributed by atoms with Gasteiger partial charge < -0.3 is 20.2 Å². The maximum Gasteiger partial charge on any atom is 0.303 e. The van der Waals surface area contributed by atoms with Crippen LogP contribution < -0.4 is 0 Å². The van der Waals surface area contributed by atoms with E-state index in [1.165, 1.54) is 16.7 Å². The van der Waals surface area contributed by atoms with Crippen molar-refractivity contribution < 1.29 is 19.8 Å². The second kappa shape index (κ2) is 11.0. The van der Waals surface area contributed by atoms with Crippen molar-refractivity contribution in [2.24, 2.45) is 0 Å². The quantitative estimate of drug-likeness (QED) is 0.196. The number of aromatic amines is 2. The van der Waals surface area contributed by atoms with Crippen molar-refractivity contribution in [2.45, 2.75) is 63.9 Å². The molecule has 0 radical (unpaired) electrons. The molecule has 8 bridgehead atoms. The number of hydrogen-bond donors (Lipinski definition) is 4.